The number of hydrogen-bond donors (Lipinski definition) is 0. The summed E-state index contributed by atoms with van der Waals surface area (Å²) in [5.74, 6) is 0. The van der Waals surface area contributed by atoms with Gasteiger partial charge in [0.05, 0.1) is 11.1 Å². The molecule has 4 atom stereocenters. The van der Waals surface area contributed by atoms with Gasteiger partial charge >= 0.3 is 0 Å². The molecule has 0 radical (unpaired) electrons. The first-order chi connectivity index (χ1) is 30.1. The number of aryl methyl sites for hydroxylation is 4. The summed E-state index contributed by atoms with van der Waals surface area (Å²) in [6, 6.07) is 44.0. The van der Waals surface area contributed by atoms with Crippen LogP contribution in [0.5, 0.6) is 0 Å². The molecule has 2 fully saturated rings. The van der Waals surface area contributed by atoms with Gasteiger partial charge < -0.3 is 14.7 Å². The number of fused-ring (bicyclic) bond motifs is 10. The lowest BCUT2D eigenvalue weighted by molar-refractivity contribution is 0.194. The van der Waals surface area contributed by atoms with Crippen LogP contribution in [0.2, 0.25) is 0 Å². The van der Waals surface area contributed by atoms with Crippen LogP contribution >= 0.6 is 0 Å². The predicted octanol–water partition coefficient (Wildman–Crippen LogP) is 13.3. The Bertz CT molecular complexity index is 2920. The predicted molar refractivity (Wildman–Crippen MR) is 269 cm³/mol. The zero-order valence-electron chi connectivity index (χ0n) is 39.5. The highest BCUT2D eigenvalue weighted by molar-refractivity contribution is 7.00. The standard InChI is InChI=1S/C59H64BN3/c1-37-19-18-22-43(30-37)61-48-31-38(2)23-24-46(48)60-47-34-42(55(5,6)7)33-45-54(47)63(58(10)27-16-17-28-59(45,58)41-20-12-11-13-21-41)51-36-44(35-50(61)53(51)60)62-49-32-39(3)29-40(4)52(49)56(8)25-14-15-26-57(56,62)9/h11-13,18-24,29-36H,14-17,25-28H2,1-10H3. The van der Waals surface area contributed by atoms with Crippen LogP contribution in [0.4, 0.5) is 39.8 Å². The van der Waals surface area contributed by atoms with Gasteiger partial charge in [-0.3, -0.25) is 0 Å². The van der Waals surface area contributed by atoms with Crippen molar-refractivity contribution in [3.05, 3.63) is 154 Å². The summed E-state index contributed by atoms with van der Waals surface area (Å²) >= 11 is 0. The number of rotatable bonds is 3. The van der Waals surface area contributed by atoms with E-state index in [-0.39, 0.29) is 34.0 Å². The van der Waals surface area contributed by atoms with E-state index in [1.807, 2.05) is 0 Å². The van der Waals surface area contributed by atoms with E-state index >= 15 is 0 Å². The van der Waals surface area contributed by atoms with E-state index in [0.29, 0.717) is 0 Å². The summed E-state index contributed by atoms with van der Waals surface area (Å²) in [6.07, 6.45) is 9.69. The lowest BCUT2D eigenvalue weighted by Gasteiger charge is -2.54. The van der Waals surface area contributed by atoms with Gasteiger partial charge in [0.1, 0.15) is 0 Å². The second-order valence-electron chi connectivity index (χ2n) is 22.5. The minimum Gasteiger partial charge on any atom is -0.335 e. The molecule has 2 saturated carbocycles. The first-order valence-electron chi connectivity index (χ1n) is 24.2. The molecule has 6 aromatic rings. The van der Waals surface area contributed by atoms with Crippen molar-refractivity contribution in [3.63, 3.8) is 0 Å². The molecule has 2 aliphatic carbocycles. The molecule has 0 aromatic heterocycles. The third-order valence-electron chi connectivity index (χ3n) is 17.8. The first kappa shape index (κ1) is 39.4. The van der Waals surface area contributed by atoms with Gasteiger partial charge in [-0.1, -0.05) is 126 Å². The van der Waals surface area contributed by atoms with E-state index in [2.05, 4.69) is 193 Å². The van der Waals surface area contributed by atoms with Crippen LogP contribution in [-0.2, 0) is 16.2 Å². The van der Waals surface area contributed by atoms with Gasteiger partial charge in [-0.15, -0.1) is 0 Å². The van der Waals surface area contributed by atoms with Crippen LogP contribution in [0, 0.1) is 27.7 Å². The minimum atomic E-state index is -0.182. The van der Waals surface area contributed by atoms with Crippen molar-refractivity contribution in [3.8, 4) is 0 Å². The zero-order chi connectivity index (χ0) is 43.6. The zero-order valence-corrected chi connectivity index (χ0v) is 39.5. The van der Waals surface area contributed by atoms with E-state index < -0.39 is 0 Å². The molecule has 6 aliphatic rings. The van der Waals surface area contributed by atoms with Crippen molar-refractivity contribution in [1.82, 2.24) is 0 Å². The maximum absolute atomic E-state index is 2.96. The first-order valence-corrected chi connectivity index (χ1v) is 24.2. The van der Waals surface area contributed by atoms with E-state index in [4.69, 9.17) is 0 Å². The molecule has 12 rings (SSSR count). The third-order valence-corrected chi connectivity index (χ3v) is 17.8. The van der Waals surface area contributed by atoms with Gasteiger partial charge in [-0.25, -0.2) is 0 Å². The lowest BCUT2D eigenvalue weighted by Crippen LogP contribution is -2.65. The van der Waals surface area contributed by atoms with Crippen LogP contribution in [0.15, 0.2) is 109 Å². The molecule has 0 bridgehead atoms. The summed E-state index contributed by atoms with van der Waals surface area (Å²) in [6.45, 7) is 24.5. The second-order valence-corrected chi connectivity index (χ2v) is 22.5. The van der Waals surface area contributed by atoms with Crippen LogP contribution in [-0.4, -0.2) is 17.8 Å². The molecule has 4 heterocycles. The highest BCUT2D eigenvalue weighted by Crippen LogP contribution is 2.67. The Morgan fingerprint density at radius 1 is 0.540 bits per heavy atom. The van der Waals surface area contributed by atoms with Crippen molar-refractivity contribution in [2.24, 2.45) is 0 Å². The van der Waals surface area contributed by atoms with Crippen LogP contribution < -0.4 is 31.1 Å². The van der Waals surface area contributed by atoms with Crippen molar-refractivity contribution in [1.29, 1.82) is 0 Å². The molecule has 0 amide bonds. The van der Waals surface area contributed by atoms with Crippen molar-refractivity contribution in [2.45, 2.75) is 148 Å². The minimum absolute atomic E-state index is 0.0191. The molecule has 3 nitrogen and oxygen atoms in total. The molecule has 0 spiro atoms. The van der Waals surface area contributed by atoms with E-state index in [0.717, 1.165) is 12.8 Å². The smallest absolute Gasteiger partial charge is 0.252 e. The monoisotopic (exact) mass is 826 g/mol. The molecule has 63 heavy (non-hydrogen) atoms. The van der Waals surface area contributed by atoms with Gasteiger partial charge in [0, 0.05) is 50.6 Å². The van der Waals surface area contributed by atoms with Gasteiger partial charge in [-0.05, 0) is 170 Å². The lowest BCUT2D eigenvalue weighted by atomic mass is 9.33. The third kappa shape index (κ3) is 4.94. The second kappa shape index (κ2) is 13.0. The summed E-state index contributed by atoms with van der Waals surface area (Å²) in [5.41, 5.74) is 24.9. The molecule has 4 heteroatoms. The average Bonchev–Trinajstić information content (AvgIpc) is 3.61. The molecule has 4 aliphatic heterocycles. The highest BCUT2D eigenvalue weighted by Gasteiger charge is 2.65. The topological polar surface area (TPSA) is 9.72 Å². The van der Waals surface area contributed by atoms with E-state index in [1.54, 1.807) is 11.1 Å². The quantitative estimate of drug-likeness (QED) is 0.164. The SMILES string of the molecule is Cc1cccc(N2c3cc(C)ccc3B3c4cc(C(C)(C)C)cc5c4N(c4cc(N6c7cc(C)cc(C)c7C7(C)CCCCC67C)cc2c43)C2(C)CCCCC52c2ccccc2)c1. The normalized spacial score (nSPS) is 26.2. The summed E-state index contributed by atoms with van der Waals surface area (Å²) in [7, 11) is 0. The van der Waals surface area contributed by atoms with Crippen molar-refractivity contribution in [2.75, 3.05) is 14.7 Å². The Balaban J connectivity index is 1.25. The van der Waals surface area contributed by atoms with Crippen molar-refractivity contribution >= 4 is 62.9 Å². The summed E-state index contributed by atoms with van der Waals surface area (Å²) in [4.78, 5) is 8.50. The highest BCUT2D eigenvalue weighted by atomic mass is 15.3. The van der Waals surface area contributed by atoms with Gasteiger partial charge in [0.15, 0.2) is 0 Å². The molecular formula is C59H64BN3. The molecule has 318 valence electrons. The van der Waals surface area contributed by atoms with E-state index in [1.165, 1.54) is 128 Å². The largest absolute Gasteiger partial charge is 0.335 e. The van der Waals surface area contributed by atoms with Gasteiger partial charge in [-0.2, -0.15) is 0 Å². The number of benzene rings is 6. The fourth-order valence-electron chi connectivity index (χ4n) is 14.8. The maximum atomic E-state index is 2.96. The Hall–Kier alpha value is -5.22. The Kier molecular flexibility index (Phi) is 8.10. The van der Waals surface area contributed by atoms with E-state index in [9.17, 15) is 0 Å². The van der Waals surface area contributed by atoms with Crippen LogP contribution in [0.25, 0.3) is 0 Å². The summed E-state index contributed by atoms with van der Waals surface area (Å²) in [5, 5.41) is 0. The number of anilines is 7. The Morgan fingerprint density at radius 3 is 2.00 bits per heavy atom. The van der Waals surface area contributed by atoms with Crippen molar-refractivity contribution < 1.29 is 0 Å². The van der Waals surface area contributed by atoms with Gasteiger partial charge in [0.25, 0.3) is 6.71 Å². The molecule has 0 N–H and O–H groups in total. The molecule has 4 unspecified atom stereocenters. The van der Waals surface area contributed by atoms with Crippen LogP contribution in [0.3, 0.4) is 0 Å². The molecular weight excluding hydrogens is 761 g/mol. The Labute approximate surface area is 377 Å². The maximum Gasteiger partial charge on any atom is 0.252 e. The fraction of sp³-hybridized carbons (Fsp3) is 0.390. The average molecular weight is 826 g/mol. The molecule has 6 aromatic carbocycles. The Morgan fingerprint density at radius 2 is 1.24 bits per heavy atom. The number of nitrogens with zero attached hydrogens (tertiary/aromatic N) is 3. The van der Waals surface area contributed by atoms with Crippen LogP contribution in [0.1, 0.15) is 137 Å². The fourth-order valence-corrected chi connectivity index (χ4v) is 14.8. The molecule has 0 saturated heterocycles. The van der Waals surface area contributed by atoms with Gasteiger partial charge in [0.2, 0.25) is 0 Å². The summed E-state index contributed by atoms with van der Waals surface area (Å²) < 4.78 is 0. The number of hydrogen-bond acceptors (Lipinski definition) is 3.